The van der Waals surface area contributed by atoms with Gasteiger partial charge in [-0.2, -0.15) is 0 Å². The Balaban J connectivity index is 1.68. The van der Waals surface area contributed by atoms with Crippen LogP contribution >= 0.6 is 0 Å². The van der Waals surface area contributed by atoms with Crippen LogP contribution in [0.1, 0.15) is 46.0 Å². The largest absolute Gasteiger partial charge is 0.355 e. The topological polar surface area (TPSA) is 60.0 Å². The molecule has 0 aromatic heterocycles. The Hall–Kier alpha value is -1.30. The molecule has 2 saturated heterocycles. The van der Waals surface area contributed by atoms with Gasteiger partial charge in [0, 0.05) is 51.7 Å². The summed E-state index contributed by atoms with van der Waals surface area (Å²) >= 11 is 0. The van der Waals surface area contributed by atoms with Gasteiger partial charge in [-0.15, -0.1) is 0 Å². The molecule has 2 rings (SSSR count). The number of amides is 1. The van der Waals surface area contributed by atoms with Crippen molar-refractivity contribution in [1.82, 2.24) is 20.4 Å². The zero-order valence-corrected chi connectivity index (χ0v) is 15.0. The van der Waals surface area contributed by atoms with Crippen LogP contribution in [0, 0.1) is 0 Å². The van der Waals surface area contributed by atoms with E-state index in [0.29, 0.717) is 18.5 Å². The number of carbonyl (C=O) groups excluding carboxylic acids is 1. The third-order valence-corrected chi connectivity index (χ3v) is 5.04. The lowest BCUT2D eigenvalue weighted by atomic mass is 10.0. The number of rotatable bonds is 5. The highest BCUT2D eigenvalue weighted by Crippen LogP contribution is 2.15. The summed E-state index contributed by atoms with van der Waals surface area (Å²) in [4.78, 5) is 20.6. The zero-order chi connectivity index (χ0) is 16.7. The van der Waals surface area contributed by atoms with E-state index < -0.39 is 0 Å². The zero-order valence-electron chi connectivity index (χ0n) is 15.0. The monoisotopic (exact) mass is 323 g/mol. The predicted octanol–water partition coefficient (Wildman–Crippen LogP) is 1.04. The third-order valence-electron chi connectivity index (χ3n) is 5.04. The summed E-state index contributed by atoms with van der Waals surface area (Å²) in [5.41, 5.74) is 0. The van der Waals surface area contributed by atoms with Crippen LogP contribution in [0.15, 0.2) is 4.99 Å². The van der Waals surface area contributed by atoms with E-state index in [-0.39, 0.29) is 5.91 Å². The normalized spacial score (nSPS) is 26.4. The fraction of sp³-hybridized carbons (Fsp3) is 0.882. The van der Waals surface area contributed by atoms with E-state index in [2.05, 4.69) is 27.4 Å². The smallest absolute Gasteiger partial charge is 0.222 e. The number of nitrogens with one attached hydrogen (secondary N) is 2. The molecular weight excluding hydrogens is 290 g/mol. The summed E-state index contributed by atoms with van der Waals surface area (Å²) in [5, 5.41) is 6.87. The van der Waals surface area contributed by atoms with Crippen LogP contribution in [-0.4, -0.2) is 73.5 Å². The van der Waals surface area contributed by atoms with E-state index in [1.165, 1.54) is 25.8 Å². The molecule has 0 aromatic carbocycles. The minimum absolute atomic E-state index is 0.247. The van der Waals surface area contributed by atoms with Crippen molar-refractivity contribution in [1.29, 1.82) is 0 Å². The molecule has 0 bridgehead atoms. The Kier molecular flexibility index (Phi) is 7.15. The minimum atomic E-state index is 0.247. The number of nitrogens with zero attached hydrogens (tertiary/aromatic N) is 3. The van der Waals surface area contributed by atoms with Gasteiger partial charge in [0.05, 0.1) is 0 Å². The Bertz CT molecular complexity index is 412. The van der Waals surface area contributed by atoms with Crippen molar-refractivity contribution in [3.05, 3.63) is 0 Å². The van der Waals surface area contributed by atoms with Gasteiger partial charge in [-0.25, -0.2) is 0 Å². The van der Waals surface area contributed by atoms with Crippen LogP contribution < -0.4 is 10.6 Å². The van der Waals surface area contributed by atoms with E-state index in [4.69, 9.17) is 0 Å². The fourth-order valence-corrected chi connectivity index (χ4v) is 3.52. The molecule has 2 aliphatic heterocycles. The van der Waals surface area contributed by atoms with Gasteiger partial charge >= 0.3 is 0 Å². The Labute approximate surface area is 140 Å². The van der Waals surface area contributed by atoms with Crippen LogP contribution in [0.5, 0.6) is 0 Å². The van der Waals surface area contributed by atoms with E-state index in [1.807, 2.05) is 18.9 Å². The summed E-state index contributed by atoms with van der Waals surface area (Å²) in [5.74, 6) is 1.10. The van der Waals surface area contributed by atoms with Crippen molar-refractivity contribution in [3.8, 4) is 0 Å². The van der Waals surface area contributed by atoms with Gasteiger partial charge in [0.1, 0.15) is 0 Å². The summed E-state index contributed by atoms with van der Waals surface area (Å²) in [6.07, 6.45) is 5.59. The molecule has 132 valence electrons. The Morgan fingerprint density at radius 2 is 2.09 bits per heavy atom. The first kappa shape index (κ1) is 18.0. The lowest BCUT2D eigenvalue weighted by molar-refractivity contribution is -0.129. The molecule has 2 fully saturated rings. The SMILES string of the molecule is CCC(=O)N1CCC(NC(=NC)NCCN2CCCCC2C)C1. The number of aliphatic imine (C=N–C) groups is 1. The van der Waals surface area contributed by atoms with Crippen LogP contribution in [0.4, 0.5) is 0 Å². The van der Waals surface area contributed by atoms with E-state index in [9.17, 15) is 4.79 Å². The van der Waals surface area contributed by atoms with Crippen molar-refractivity contribution >= 4 is 11.9 Å². The molecule has 0 aliphatic carbocycles. The molecule has 0 spiro atoms. The summed E-state index contributed by atoms with van der Waals surface area (Å²) in [6.45, 7) is 9.07. The Morgan fingerprint density at radius 1 is 1.26 bits per heavy atom. The molecule has 0 aromatic rings. The average Bonchev–Trinajstić information content (AvgIpc) is 3.03. The Morgan fingerprint density at radius 3 is 2.78 bits per heavy atom. The second-order valence-corrected chi connectivity index (χ2v) is 6.70. The van der Waals surface area contributed by atoms with Crippen molar-refractivity contribution in [3.63, 3.8) is 0 Å². The molecule has 1 amide bonds. The first-order chi connectivity index (χ1) is 11.1. The molecule has 2 N–H and O–H groups in total. The molecule has 2 heterocycles. The van der Waals surface area contributed by atoms with Gasteiger partial charge in [-0.1, -0.05) is 13.3 Å². The summed E-state index contributed by atoms with van der Waals surface area (Å²) in [7, 11) is 1.81. The van der Waals surface area contributed by atoms with Gasteiger partial charge in [0.15, 0.2) is 5.96 Å². The van der Waals surface area contributed by atoms with E-state index in [1.54, 1.807) is 0 Å². The highest BCUT2D eigenvalue weighted by atomic mass is 16.2. The van der Waals surface area contributed by atoms with Crippen LogP contribution in [0.25, 0.3) is 0 Å². The number of hydrogen-bond acceptors (Lipinski definition) is 3. The second kappa shape index (κ2) is 9.11. The average molecular weight is 323 g/mol. The van der Waals surface area contributed by atoms with Crippen molar-refractivity contribution < 1.29 is 4.79 Å². The van der Waals surface area contributed by atoms with Gasteiger partial charge in [0.25, 0.3) is 0 Å². The van der Waals surface area contributed by atoms with E-state index >= 15 is 0 Å². The van der Waals surface area contributed by atoms with Crippen LogP contribution in [0.2, 0.25) is 0 Å². The lowest BCUT2D eigenvalue weighted by Crippen LogP contribution is -2.48. The van der Waals surface area contributed by atoms with Crippen LogP contribution in [0.3, 0.4) is 0 Å². The van der Waals surface area contributed by atoms with Crippen molar-refractivity contribution in [2.45, 2.75) is 58.0 Å². The maximum atomic E-state index is 11.7. The second-order valence-electron chi connectivity index (χ2n) is 6.70. The van der Waals surface area contributed by atoms with Crippen LogP contribution in [-0.2, 0) is 4.79 Å². The quantitative estimate of drug-likeness (QED) is 0.586. The van der Waals surface area contributed by atoms with Gasteiger partial charge in [-0.05, 0) is 32.7 Å². The van der Waals surface area contributed by atoms with Crippen molar-refractivity contribution in [2.75, 3.05) is 39.8 Å². The molecular formula is C17H33N5O. The maximum absolute atomic E-state index is 11.7. The number of piperidine rings is 1. The molecule has 2 unspecified atom stereocenters. The number of likely N-dealkylation sites (tertiary alicyclic amines) is 2. The number of hydrogen-bond donors (Lipinski definition) is 2. The first-order valence-corrected chi connectivity index (χ1v) is 9.13. The summed E-state index contributed by atoms with van der Waals surface area (Å²) in [6, 6.07) is 1.01. The third kappa shape index (κ3) is 5.37. The van der Waals surface area contributed by atoms with Gasteiger partial charge in [-0.3, -0.25) is 14.7 Å². The lowest BCUT2D eigenvalue weighted by Gasteiger charge is -2.33. The minimum Gasteiger partial charge on any atom is -0.355 e. The first-order valence-electron chi connectivity index (χ1n) is 9.13. The van der Waals surface area contributed by atoms with Gasteiger partial charge in [0.2, 0.25) is 5.91 Å². The molecule has 2 atom stereocenters. The van der Waals surface area contributed by atoms with Crippen molar-refractivity contribution in [2.24, 2.45) is 4.99 Å². The molecule has 0 saturated carbocycles. The molecule has 23 heavy (non-hydrogen) atoms. The molecule has 6 nitrogen and oxygen atoms in total. The standard InChI is InChI=1S/C17H33N5O/c1-4-16(23)22-11-8-15(13-22)20-17(18-3)19-9-12-21-10-6-5-7-14(21)2/h14-15H,4-13H2,1-3H3,(H2,18,19,20). The number of carbonyl (C=O) groups is 1. The molecule has 6 heteroatoms. The molecule has 0 radical (unpaired) electrons. The fourth-order valence-electron chi connectivity index (χ4n) is 3.52. The summed E-state index contributed by atoms with van der Waals surface area (Å²) < 4.78 is 0. The van der Waals surface area contributed by atoms with E-state index in [0.717, 1.165) is 38.6 Å². The predicted molar refractivity (Wildman–Crippen MR) is 94.7 cm³/mol. The number of guanidine groups is 1. The van der Waals surface area contributed by atoms with Gasteiger partial charge < -0.3 is 15.5 Å². The highest BCUT2D eigenvalue weighted by molar-refractivity contribution is 5.80. The maximum Gasteiger partial charge on any atom is 0.222 e. The molecule has 2 aliphatic rings. The highest BCUT2D eigenvalue weighted by Gasteiger charge is 2.25.